The van der Waals surface area contributed by atoms with Gasteiger partial charge >= 0.3 is 6.18 Å². The highest BCUT2D eigenvalue weighted by Gasteiger charge is 2.47. The Morgan fingerprint density at radius 3 is 2.45 bits per heavy atom. The third-order valence-corrected chi connectivity index (χ3v) is 4.32. The van der Waals surface area contributed by atoms with Crippen LogP contribution >= 0.6 is 0 Å². The summed E-state index contributed by atoms with van der Waals surface area (Å²) in [6.45, 7) is 2.36. The molecule has 2 aliphatic rings. The van der Waals surface area contributed by atoms with E-state index in [1.807, 2.05) is 0 Å². The summed E-state index contributed by atoms with van der Waals surface area (Å²) in [7, 11) is 0. The first kappa shape index (κ1) is 13.8. The van der Waals surface area contributed by atoms with Crippen LogP contribution in [0.5, 0.6) is 0 Å². The van der Waals surface area contributed by atoms with Crippen molar-refractivity contribution in [2.75, 3.05) is 13.1 Å². The summed E-state index contributed by atoms with van der Waals surface area (Å²) in [6, 6.07) is 3.05. The van der Waals surface area contributed by atoms with Gasteiger partial charge in [-0.3, -0.25) is 0 Å². The topological polar surface area (TPSA) is 24.1 Å². The Labute approximate surface area is 114 Å². The first-order valence-corrected chi connectivity index (χ1v) is 6.68. The predicted molar refractivity (Wildman–Crippen MR) is 66.6 cm³/mol. The highest BCUT2D eigenvalue weighted by atomic mass is 19.4. The van der Waals surface area contributed by atoms with Crippen LogP contribution in [0.4, 0.5) is 17.6 Å². The van der Waals surface area contributed by atoms with E-state index in [1.165, 1.54) is 6.07 Å². The first-order valence-electron chi connectivity index (χ1n) is 6.68. The molecule has 110 valence electrons. The van der Waals surface area contributed by atoms with Crippen LogP contribution in [-0.4, -0.2) is 19.1 Å². The molecule has 2 nitrogen and oxygen atoms in total. The Morgan fingerprint density at radius 2 is 1.95 bits per heavy atom. The van der Waals surface area contributed by atoms with Crippen LogP contribution in [0.15, 0.2) is 18.2 Å². The largest absolute Gasteiger partial charge is 0.416 e. The fraction of sp³-hybridized carbons (Fsp3) is 0.571. The fourth-order valence-corrected chi connectivity index (χ4v) is 3.02. The van der Waals surface area contributed by atoms with E-state index >= 15 is 0 Å². The summed E-state index contributed by atoms with van der Waals surface area (Å²) in [5.41, 5.74) is -0.233. The van der Waals surface area contributed by atoms with Gasteiger partial charge in [-0.2, -0.15) is 13.2 Å². The molecule has 0 unspecified atom stereocenters. The molecule has 0 atom stereocenters. The molecule has 0 bridgehead atoms. The van der Waals surface area contributed by atoms with Crippen molar-refractivity contribution < 1.29 is 17.6 Å². The molecule has 6 heteroatoms. The van der Waals surface area contributed by atoms with E-state index in [1.54, 1.807) is 0 Å². The van der Waals surface area contributed by atoms with Gasteiger partial charge in [0.1, 0.15) is 5.82 Å². The molecular formula is C14H16F4N2. The Kier molecular flexibility index (Phi) is 3.25. The maximum Gasteiger partial charge on any atom is 0.416 e. The molecule has 1 aliphatic carbocycles. The molecule has 1 saturated heterocycles. The molecule has 1 aliphatic heterocycles. The Balaban J connectivity index is 1.55. The normalized spacial score (nSPS) is 21.6. The van der Waals surface area contributed by atoms with Crippen molar-refractivity contribution >= 4 is 0 Å². The molecule has 0 amide bonds. The SMILES string of the molecule is Fc1cc(C(F)(F)F)ccc1CNC1CC2(CNC2)C1. The second-order valence-electron chi connectivity index (χ2n) is 5.89. The lowest BCUT2D eigenvalue weighted by Crippen LogP contribution is -2.64. The maximum atomic E-state index is 13.6. The van der Waals surface area contributed by atoms with Gasteiger partial charge in [0.2, 0.25) is 0 Å². The summed E-state index contributed by atoms with van der Waals surface area (Å²) in [5, 5.41) is 6.44. The van der Waals surface area contributed by atoms with Crippen molar-refractivity contribution in [3.05, 3.63) is 35.1 Å². The zero-order chi connectivity index (χ0) is 14.4. The molecule has 20 heavy (non-hydrogen) atoms. The molecule has 2 N–H and O–H groups in total. The lowest BCUT2D eigenvalue weighted by molar-refractivity contribution is -0.137. The van der Waals surface area contributed by atoms with E-state index in [2.05, 4.69) is 10.6 Å². The van der Waals surface area contributed by atoms with Crippen molar-refractivity contribution in [3.8, 4) is 0 Å². The Hall–Kier alpha value is -1.14. The number of hydrogen-bond donors (Lipinski definition) is 2. The van der Waals surface area contributed by atoms with E-state index in [0.717, 1.165) is 32.0 Å². The van der Waals surface area contributed by atoms with Crippen LogP contribution < -0.4 is 10.6 Å². The number of alkyl halides is 3. The molecule has 3 rings (SSSR count). The van der Waals surface area contributed by atoms with Gasteiger partial charge < -0.3 is 10.6 Å². The zero-order valence-electron chi connectivity index (χ0n) is 10.9. The van der Waals surface area contributed by atoms with Gasteiger partial charge in [0.25, 0.3) is 0 Å². The van der Waals surface area contributed by atoms with Crippen molar-refractivity contribution in [2.45, 2.75) is 31.6 Å². The molecular weight excluding hydrogens is 272 g/mol. The minimum absolute atomic E-state index is 0.276. The van der Waals surface area contributed by atoms with Crippen LogP contribution in [0, 0.1) is 11.2 Å². The second-order valence-corrected chi connectivity index (χ2v) is 5.89. The minimum atomic E-state index is -4.50. The quantitative estimate of drug-likeness (QED) is 0.836. The monoisotopic (exact) mass is 288 g/mol. The molecule has 1 aromatic carbocycles. The van der Waals surface area contributed by atoms with E-state index in [9.17, 15) is 17.6 Å². The van der Waals surface area contributed by atoms with Crippen molar-refractivity contribution in [1.29, 1.82) is 0 Å². The standard InChI is InChI=1S/C14H16F4N2/c15-12-3-10(14(16,17)18)2-1-9(12)6-20-11-4-13(5-11)7-19-8-13/h1-3,11,19-20H,4-8H2. The van der Waals surface area contributed by atoms with Gasteiger partial charge in [0, 0.05) is 31.2 Å². The summed E-state index contributed by atoms with van der Waals surface area (Å²) in [6.07, 6.45) is -2.38. The van der Waals surface area contributed by atoms with Crippen LogP contribution in [0.25, 0.3) is 0 Å². The zero-order valence-corrected chi connectivity index (χ0v) is 10.9. The second kappa shape index (κ2) is 4.70. The number of hydrogen-bond acceptors (Lipinski definition) is 2. The molecule has 1 saturated carbocycles. The van der Waals surface area contributed by atoms with Gasteiger partial charge in [-0.1, -0.05) is 6.07 Å². The maximum absolute atomic E-state index is 13.6. The molecule has 2 fully saturated rings. The lowest BCUT2D eigenvalue weighted by atomic mass is 9.61. The Morgan fingerprint density at radius 1 is 1.25 bits per heavy atom. The van der Waals surface area contributed by atoms with Crippen LogP contribution in [0.1, 0.15) is 24.0 Å². The van der Waals surface area contributed by atoms with E-state index in [4.69, 9.17) is 0 Å². The van der Waals surface area contributed by atoms with Crippen molar-refractivity contribution in [2.24, 2.45) is 5.41 Å². The summed E-state index contributed by atoms with van der Waals surface area (Å²) in [4.78, 5) is 0. The van der Waals surface area contributed by atoms with E-state index < -0.39 is 17.6 Å². The molecule has 0 aromatic heterocycles. The molecule has 1 heterocycles. The van der Waals surface area contributed by atoms with Gasteiger partial charge in [-0.15, -0.1) is 0 Å². The van der Waals surface area contributed by atoms with Gasteiger partial charge in [0.15, 0.2) is 0 Å². The van der Waals surface area contributed by atoms with Crippen LogP contribution in [0.2, 0.25) is 0 Å². The molecule has 1 spiro atoms. The van der Waals surface area contributed by atoms with Gasteiger partial charge in [-0.25, -0.2) is 4.39 Å². The van der Waals surface area contributed by atoms with Crippen LogP contribution in [0.3, 0.4) is 0 Å². The summed E-state index contributed by atoms with van der Waals surface area (Å²) < 4.78 is 50.9. The molecule has 1 aromatic rings. The summed E-state index contributed by atoms with van der Waals surface area (Å²) in [5.74, 6) is -0.799. The number of rotatable bonds is 3. The average Bonchev–Trinajstić information content (AvgIpc) is 2.25. The van der Waals surface area contributed by atoms with E-state index in [-0.39, 0.29) is 12.1 Å². The van der Waals surface area contributed by atoms with Gasteiger partial charge in [0.05, 0.1) is 5.56 Å². The average molecular weight is 288 g/mol. The number of benzene rings is 1. The fourth-order valence-electron chi connectivity index (χ4n) is 3.02. The predicted octanol–water partition coefficient (Wildman–Crippen LogP) is 2.69. The first-order chi connectivity index (χ1) is 9.38. The minimum Gasteiger partial charge on any atom is -0.316 e. The number of nitrogens with one attached hydrogen (secondary N) is 2. The smallest absolute Gasteiger partial charge is 0.316 e. The molecule has 0 radical (unpaired) electrons. The van der Waals surface area contributed by atoms with Gasteiger partial charge in [-0.05, 0) is 30.4 Å². The highest BCUT2D eigenvalue weighted by molar-refractivity contribution is 5.26. The lowest BCUT2D eigenvalue weighted by Gasteiger charge is -2.54. The number of halogens is 4. The third-order valence-electron chi connectivity index (χ3n) is 4.32. The Bertz CT molecular complexity index is 500. The van der Waals surface area contributed by atoms with E-state index in [0.29, 0.717) is 17.5 Å². The van der Waals surface area contributed by atoms with Crippen LogP contribution in [-0.2, 0) is 12.7 Å². The summed E-state index contributed by atoms with van der Waals surface area (Å²) >= 11 is 0. The third kappa shape index (κ3) is 2.54. The highest BCUT2D eigenvalue weighted by Crippen LogP contribution is 2.44. The van der Waals surface area contributed by atoms with Crippen molar-refractivity contribution in [1.82, 2.24) is 10.6 Å². The van der Waals surface area contributed by atoms with Crippen molar-refractivity contribution in [3.63, 3.8) is 0 Å².